The van der Waals surface area contributed by atoms with E-state index >= 15 is 0 Å². The molecule has 58 valence electrons. The van der Waals surface area contributed by atoms with Gasteiger partial charge in [0.2, 0.25) is 0 Å². The summed E-state index contributed by atoms with van der Waals surface area (Å²) >= 11 is 0. The molecule has 3 aliphatic rings. The Morgan fingerprint density at radius 3 is 2.40 bits per heavy atom. The molecular formula is C8H15NO. The van der Waals surface area contributed by atoms with E-state index < -0.39 is 0 Å². The van der Waals surface area contributed by atoms with Crippen LogP contribution in [0.5, 0.6) is 0 Å². The van der Waals surface area contributed by atoms with Gasteiger partial charge in [0.05, 0.1) is 6.10 Å². The third-order valence-corrected chi connectivity index (χ3v) is 2.54. The first-order valence-electron chi connectivity index (χ1n) is 4.26. The molecule has 2 aliphatic heterocycles. The van der Waals surface area contributed by atoms with Gasteiger partial charge in [0.25, 0.3) is 0 Å². The van der Waals surface area contributed by atoms with Crippen LogP contribution in [0.2, 0.25) is 0 Å². The second-order valence-electron chi connectivity index (χ2n) is 3.34. The lowest BCUT2D eigenvalue weighted by Gasteiger charge is -2.46. The third-order valence-electron chi connectivity index (χ3n) is 2.54. The van der Waals surface area contributed by atoms with Crippen molar-refractivity contribution in [1.82, 2.24) is 5.32 Å². The molecule has 1 saturated carbocycles. The Balaban J connectivity index is 1.80. The maximum Gasteiger partial charge on any atom is 0.0604 e. The average molecular weight is 141 g/mol. The molecule has 2 nitrogen and oxygen atoms in total. The summed E-state index contributed by atoms with van der Waals surface area (Å²) in [5.74, 6) is 0. The fourth-order valence-electron chi connectivity index (χ4n) is 2.08. The standard InChI is InChI=1S/C8H15NO/c1-2-10-8-4-6-3-7(5-8)9-6/h6-9H,2-5H2,1H3. The second-order valence-corrected chi connectivity index (χ2v) is 3.34. The zero-order chi connectivity index (χ0) is 6.97. The molecule has 0 amide bonds. The summed E-state index contributed by atoms with van der Waals surface area (Å²) in [7, 11) is 0. The van der Waals surface area contributed by atoms with Crippen molar-refractivity contribution in [1.29, 1.82) is 0 Å². The number of hydrogen-bond acceptors (Lipinski definition) is 2. The van der Waals surface area contributed by atoms with Gasteiger partial charge in [0, 0.05) is 18.7 Å². The molecule has 3 fully saturated rings. The molecule has 2 bridgehead atoms. The Morgan fingerprint density at radius 1 is 1.30 bits per heavy atom. The number of ether oxygens (including phenoxy) is 1. The van der Waals surface area contributed by atoms with Crippen molar-refractivity contribution in [2.24, 2.45) is 0 Å². The van der Waals surface area contributed by atoms with Gasteiger partial charge in [-0.25, -0.2) is 0 Å². The molecule has 3 rings (SSSR count). The Hall–Kier alpha value is -0.0800. The van der Waals surface area contributed by atoms with E-state index in [0.29, 0.717) is 6.10 Å². The molecule has 10 heavy (non-hydrogen) atoms. The summed E-state index contributed by atoms with van der Waals surface area (Å²) in [4.78, 5) is 0. The Kier molecular flexibility index (Phi) is 1.66. The van der Waals surface area contributed by atoms with Crippen LogP contribution in [0.25, 0.3) is 0 Å². The normalized spacial score (nSPS) is 44.7. The number of nitrogens with one attached hydrogen (secondary N) is 1. The number of rotatable bonds is 2. The van der Waals surface area contributed by atoms with Gasteiger partial charge in [-0.3, -0.25) is 0 Å². The number of hydrogen-bond donors (Lipinski definition) is 1. The predicted octanol–water partition coefficient (Wildman–Crippen LogP) is 0.916. The lowest BCUT2D eigenvalue weighted by molar-refractivity contribution is -0.0163. The van der Waals surface area contributed by atoms with E-state index in [-0.39, 0.29) is 0 Å². The molecule has 2 heteroatoms. The first-order valence-corrected chi connectivity index (χ1v) is 4.26. The van der Waals surface area contributed by atoms with Crippen molar-refractivity contribution in [2.75, 3.05) is 6.61 Å². The number of piperidine rings is 1. The zero-order valence-corrected chi connectivity index (χ0v) is 6.47. The quantitative estimate of drug-likeness (QED) is 0.617. The molecule has 2 unspecified atom stereocenters. The molecule has 2 atom stereocenters. The van der Waals surface area contributed by atoms with Gasteiger partial charge in [-0.15, -0.1) is 0 Å². The predicted molar refractivity (Wildman–Crippen MR) is 40.0 cm³/mol. The molecular weight excluding hydrogens is 126 g/mol. The van der Waals surface area contributed by atoms with E-state index in [4.69, 9.17) is 4.74 Å². The summed E-state index contributed by atoms with van der Waals surface area (Å²) in [6.45, 7) is 2.96. The van der Waals surface area contributed by atoms with Crippen LogP contribution in [0.3, 0.4) is 0 Å². The maximum absolute atomic E-state index is 5.54. The van der Waals surface area contributed by atoms with Crippen LogP contribution in [0.15, 0.2) is 0 Å². The minimum atomic E-state index is 0.565. The van der Waals surface area contributed by atoms with E-state index in [1.165, 1.54) is 19.3 Å². The lowest BCUT2D eigenvalue weighted by Crippen LogP contribution is -2.59. The van der Waals surface area contributed by atoms with Gasteiger partial charge in [-0.05, 0) is 26.2 Å². The van der Waals surface area contributed by atoms with Gasteiger partial charge in [-0.2, -0.15) is 0 Å². The first-order chi connectivity index (χ1) is 4.88. The molecule has 0 aromatic heterocycles. The van der Waals surface area contributed by atoms with Crippen molar-refractivity contribution < 1.29 is 4.74 Å². The third kappa shape index (κ3) is 1.06. The summed E-state index contributed by atoms with van der Waals surface area (Å²) in [6.07, 6.45) is 4.44. The van der Waals surface area contributed by atoms with Crippen LogP contribution in [-0.4, -0.2) is 24.8 Å². The highest BCUT2D eigenvalue weighted by atomic mass is 16.5. The van der Waals surface area contributed by atoms with E-state index in [0.717, 1.165) is 18.7 Å². The van der Waals surface area contributed by atoms with E-state index in [9.17, 15) is 0 Å². The van der Waals surface area contributed by atoms with Gasteiger partial charge in [0.1, 0.15) is 0 Å². The van der Waals surface area contributed by atoms with Gasteiger partial charge in [0.15, 0.2) is 0 Å². The summed E-state index contributed by atoms with van der Waals surface area (Å²) in [5, 5.41) is 3.49. The minimum Gasteiger partial charge on any atom is -0.378 e. The van der Waals surface area contributed by atoms with Crippen LogP contribution in [0, 0.1) is 0 Å². The molecule has 2 heterocycles. The smallest absolute Gasteiger partial charge is 0.0604 e. The molecule has 0 aromatic rings. The molecule has 0 spiro atoms. The van der Waals surface area contributed by atoms with Crippen molar-refractivity contribution in [3.63, 3.8) is 0 Å². The van der Waals surface area contributed by atoms with Gasteiger partial charge < -0.3 is 10.1 Å². The SMILES string of the molecule is CCOC1CC2CC(C1)N2. The van der Waals surface area contributed by atoms with Crippen LogP contribution >= 0.6 is 0 Å². The van der Waals surface area contributed by atoms with Gasteiger partial charge >= 0.3 is 0 Å². The summed E-state index contributed by atoms with van der Waals surface area (Å²) < 4.78 is 5.54. The number of fused-ring (bicyclic) bond motifs is 2. The van der Waals surface area contributed by atoms with Crippen molar-refractivity contribution >= 4 is 0 Å². The topological polar surface area (TPSA) is 21.3 Å². The summed E-state index contributed by atoms with van der Waals surface area (Å²) in [5.41, 5.74) is 0. The van der Waals surface area contributed by atoms with Crippen molar-refractivity contribution in [3.8, 4) is 0 Å². The largest absolute Gasteiger partial charge is 0.378 e. The van der Waals surface area contributed by atoms with Crippen LogP contribution in [0.1, 0.15) is 26.2 Å². The van der Waals surface area contributed by atoms with E-state index in [1.54, 1.807) is 0 Å². The fraction of sp³-hybridized carbons (Fsp3) is 1.00. The fourth-order valence-corrected chi connectivity index (χ4v) is 2.08. The minimum absolute atomic E-state index is 0.565. The Morgan fingerprint density at radius 2 is 1.90 bits per heavy atom. The first kappa shape index (κ1) is 6.62. The highest BCUT2D eigenvalue weighted by Gasteiger charge is 2.37. The molecule has 0 aromatic carbocycles. The van der Waals surface area contributed by atoms with Crippen LogP contribution in [-0.2, 0) is 4.74 Å². The lowest BCUT2D eigenvalue weighted by atomic mass is 9.81. The van der Waals surface area contributed by atoms with E-state index in [2.05, 4.69) is 12.2 Å². The highest BCUT2D eigenvalue weighted by molar-refractivity contribution is 4.97. The zero-order valence-electron chi connectivity index (χ0n) is 6.47. The van der Waals surface area contributed by atoms with E-state index in [1.807, 2.05) is 0 Å². The average Bonchev–Trinajstić information content (AvgIpc) is 1.87. The molecule has 2 saturated heterocycles. The molecule has 0 radical (unpaired) electrons. The molecule has 1 aliphatic carbocycles. The van der Waals surface area contributed by atoms with Crippen LogP contribution < -0.4 is 5.32 Å². The maximum atomic E-state index is 5.54. The highest BCUT2D eigenvalue weighted by Crippen LogP contribution is 2.29. The van der Waals surface area contributed by atoms with Crippen LogP contribution in [0.4, 0.5) is 0 Å². The van der Waals surface area contributed by atoms with Crippen molar-refractivity contribution in [2.45, 2.75) is 44.4 Å². The Labute approximate surface area is 61.9 Å². The monoisotopic (exact) mass is 141 g/mol. The molecule has 1 N–H and O–H groups in total. The summed E-state index contributed by atoms with van der Waals surface area (Å²) in [6, 6.07) is 1.57. The van der Waals surface area contributed by atoms with Gasteiger partial charge in [-0.1, -0.05) is 0 Å². The Bertz CT molecular complexity index is 110. The second kappa shape index (κ2) is 2.51. The van der Waals surface area contributed by atoms with Crippen molar-refractivity contribution in [3.05, 3.63) is 0 Å².